The van der Waals surface area contributed by atoms with Crippen LogP contribution in [0.2, 0.25) is 0 Å². The van der Waals surface area contributed by atoms with Crippen molar-refractivity contribution in [2.45, 2.75) is 40.3 Å². The number of benzene rings is 1. The average molecular weight is 330 g/mol. The first-order valence-corrected chi connectivity index (χ1v) is 7.66. The van der Waals surface area contributed by atoms with Crippen LogP contribution in [0.1, 0.15) is 48.4 Å². The zero-order chi connectivity index (χ0) is 17.9. The van der Waals surface area contributed by atoms with Crippen LogP contribution in [0.5, 0.6) is 0 Å². The molecule has 0 saturated heterocycles. The van der Waals surface area contributed by atoms with Crippen molar-refractivity contribution in [3.8, 4) is 0 Å². The van der Waals surface area contributed by atoms with Crippen molar-refractivity contribution < 1.29 is 14.7 Å². The Morgan fingerprint density at radius 2 is 2.04 bits per heavy atom. The minimum atomic E-state index is -1.17. The lowest BCUT2D eigenvalue weighted by molar-refractivity contribution is -0.123. The van der Waals surface area contributed by atoms with Crippen LogP contribution in [0.3, 0.4) is 0 Å². The molecule has 128 valence electrons. The van der Waals surface area contributed by atoms with E-state index in [0.29, 0.717) is 0 Å². The lowest BCUT2D eigenvalue weighted by Gasteiger charge is -2.32. The summed E-state index contributed by atoms with van der Waals surface area (Å²) >= 11 is 0. The summed E-state index contributed by atoms with van der Waals surface area (Å²) in [6, 6.07) is 7.84. The second-order valence-electron chi connectivity index (χ2n) is 6.89. The normalized spacial score (nSPS) is 12.7. The van der Waals surface area contributed by atoms with Gasteiger partial charge in [-0.3, -0.25) is 4.79 Å². The Labute approximate surface area is 140 Å². The number of aromatic nitrogens is 3. The summed E-state index contributed by atoms with van der Waals surface area (Å²) in [5.41, 5.74) is 1.78. The number of carboxylic acids is 1. The number of carbonyl (C=O) groups is 2. The van der Waals surface area contributed by atoms with Crippen molar-refractivity contribution in [3.05, 3.63) is 47.3 Å². The van der Waals surface area contributed by atoms with Crippen molar-refractivity contribution >= 4 is 11.9 Å². The number of rotatable bonds is 5. The van der Waals surface area contributed by atoms with Gasteiger partial charge in [-0.1, -0.05) is 55.8 Å². The molecule has 0 aliphatic rings. The number of hydrogen-bond acceptors (Lipinski definition) is 4. The number of nitrogens with one attached hydrogen (secondary N) is 1. The van der Waals surface area contributed by atoms with Crippen LogP contribution < -0.4 is 5.32 Å². The SMILES string of the molecule is Cc1cccc(C(NC(=O)Cn2cc(C(=O)O)nn2)C(C)(C)C)c1. The molecule has 24 heavy (non-hydrogen) atoms. The number of carbonyl (C=O) groups excluding carboxylic acids is 1. The molecule has 0 saturated carbocycles. The van der Waals surface area contributed by atoms with Gasteiger partial charge in [0.2, 0.25) is 5.91 Å². The second-order valence-corrected chi connectivity index (χ2v) is 6.89. The Hall–Kier alpha value is -2.70. The van der Waals surface area contributed by atoms with Crippen LogP contribution in [-0.2, 0) is 11.3 Å². The Balaban J connectivity index is 2.14. The van der Waals surface area contributed by atoms with E-state index in [1.54, 1.807) is 0 Å². The summed E-state index contributed by atoms with van der Waals surface area (Å²) in [5.74, 6) is -1.42. The first-order valence-electron chi connectivity index (χ1n) is 7.66. The summed E-state index contributed by atoms with van der Waals surface area (Å²) in [4.78, 5) is 23.2. The number of carboxylic acid groups (broad SMARTS) is 1. The zero-order valence-corrected chi connectivity index (χ0v) is 14.3. The van der Waals surface area contributed by atoms with E-state index in [1.807, 2.05) is 31.2 Å². The maximum atomic E-state index is 12.4. The fourth-order valence-corrected chi connectivity index (χ4v) is 2.48. The molecule has 2 aromatic rings. The zero-order valence-electron chi connectivity index (χ0n) is 14.3. The van der Waals surface area contributed by atoms with Crippen LogP contribution in [0.25, 0.3) is 0 Å². The lowest BCUT2D eigenvalue weighted by Crippen LogP contribution is -2.38. The van der Waals surface area contributed by atoms with E-state index in [9.17, 15) is 9.59 Å². The van der Waals surface area contributed by atoms with Gasteiger partial charge >= 0.3 is 5.97 Å². The Kier molecular flexibility index (Phi) is 5.02. The predicted octanol–water partition coefficient (Wildman–Crippen LogP) is 2.19. The molecule has 1 amide bonds. The smallest absolute Gasteiger partial charge is 0.358 e. The van der Waals surface area contributed by atoms with Crippen LogP contribution in [0.15, 0.2) is 30.5 Å². The van der Waals surface area contributed by atoms with Crippen LogP contribution in [-0.4, -0.2) is 32.0 Å². The molecule has 1 unspecified atom stereocenters. The number of hydrogen-bond donors (Lipinski definition) is 2. The van der Waals surface area contributed by atoms with Gasteiger partial charge in [-0.2, -0.15) is 0 Å². The van der Waals surface area contributed by atoms with Gasteiger partial charge in [0.1, 0.15) is 6.54 Å². The topological polar surface area (TPSA) is 97.1 Å². The summed E-state index contributed by atoms with van der Waals surface area (Å²) in [7, 11) is 0. The lowest BCUT2D eigenvalue weighted by atomic mass is 9.82. The van der Waals surface area contributed by atoms with E-state index >= 15 is 0 Å². The molecule has 1 heterocycles. The van der Waals surface area contributed by atoms with Gasteiger partial charge in [0.25, 0.3) is 0 Å². The van der Waals surface area contributed by atoms with Crippen LogP contribution in [0, 0.1) is 12.3 Å². The Morgan fingerprint density at radius 1 is 1.33 bits per heavy atom. The van der Waals surface area contributed by atoms with E-state index < -0.39 is 5.97 Å². The Morgan fingerprint density at radius 3 is 2.58 bits per heavy atom. The highest BCUT2D eigenvalue weighted by Gasteiger charge is 2.28. The van der Waals surface area contributed by atoms with Crippen molar-refractivity contribution in [1.29, 1.82) is 0 Å². The molecule has 1 atom stereocenters. The fourth-order valence-electron chi connectivity index (χ4n) is 2.48. The van der Waals surface area contributed by atoms with Gasteiger partial charge in [0.15, 0.2) is 5.69 Å². The van der Waals surface area contributed by atoms with E-state index in [2.05, 4.69) is 36.4 Å². The number of amides is 1. The standard InChI is InChI=1S/C17H22N4O3/c1-11-6-5-7-12(8-11)15(17(2,3)4)18-14(22)10-21-9-13(16(23)24)19-20-21/h5-9,15H,10H2,1-4H3,(H,18,22)(H,23,24). The molecular weight excluding hydrogens is 308 g/mol. The first kappa shape index (κ1) is 17.7. The quantitative estimate of drug-likeness (QED) is 0.876. The molecule has 0 aliphatic carbocycles. The maximum Gasteiger partial charge on any atom is 0.358 e. The third kappa shape index (κ3) is 4.41. The molecule has 0 spiro atoms. The molecule has 2 N–H and O–H groups in total. The third-order valence-corrected chi connectivity index (χ3v) is 3.61. The average Bonchev–Trinajstić information content (AvgIpc) is 2.92. The molecule has 0 fully saturated rings. The number of nitrogens with zero attached hydrogens (tertiary/aromatic N) is 3. The van der Waals surface area contributed by atoms with Crippen LogP contribution in [0.4, 0.5) is 0 Å². The van der Waals surface area contributed by atoms with Crippen molar-refractivity contribution in [3.63, 3.8) is 0 Å². The fraction of sp³-hybridized carbons (Fsp3) is 0.412. The van der Waals surface area contributed by atoms with Crippen LogP contribution >= 0.6 is 0 Å². The molecular formula is C17H22N4O3. The van der Waals surface area contributed by atoms with Gasteiger partial charge in [0.05, 0.1) is 12.2 Å². The van der Waals surface area contributed by atoms with Crippen molar-refractivity contribution in [2.75, 3.05) is 0 Å². The Bertz CT molecular complexity index is 746. The van der Waals surface area contributed by atoms with E-state index in [-0.39, 0.29) is 29.6 Å². The third-order valence-electron chi connectivity index (χ3n) is 3.61. The number of aromatic carboxylic acids is 1. The van der Waals surface area contributed by atoms with Gasteiger partial charge in [-0.25, -0.2) is 9.48 Å². The molecule has 0 bridgehead atoms. The highest BCUT2D eigenvalue weighted by atomic mass is 16.4. The van der Waals surface area contributed by atoms with E-state index in [4.69, 9.17) is 5.11 Å². The molecule has 1 aromatic carbocycles. The van der Waals surface area contributed by atoms with Gasteiger partial charge in [0, 0.05) is 0 Å². The maximum absolute atomic E-state index is 12.4. The molecule has 0 aliphatic heterocycles. The molecule has 0 radical (unpaired) electrons. The van der Waals surface area contributed by atoms with E-state index in [1.165, 1.54) is 10.9 Å². The predicted molar refractivity (Wildman–Crippen MR) is 88.5 cm³/mol. The van der Waals surface area contributed by atoms with Gasteiger partial charge < -0.3 is 10.4 Å². The first-order chi connectivity index (χ1) is 11.2. The highest BCUT2D eigenvalue weighted by Crippen LogP contribution is 2.33. The second kappa shape index (κ2) is 6.82. The molecule has 7 nitrogen and oxygen atoms in total. The summed E-state index contributed by atoms with van der Waals surface area (Å²) in [6.07, 6.45) is 1.24. The minimum Gasteiger partial charge on any atom is -0.476 e. The monoisotopic (exact) mass is 330 g/mol. The number of aryl methyl sites for hydroxylation is 1. The summed E-state index contributed by atoms with van der Waals surface area (Å²) in [6.45, 7) is 8.08. The van der Waals surface area contributed by atoms with Gasteiger partial charge in [-0.05, 0) is 17.9 Å². The van der Waals surface area contributed by atoms with Crippen molar-refractivity contribution in [1.82, 2.24) is 20.3 Å². The van der Waals surface area contributed by atoms with Crippen molar-refractivity contribution in [2.24, 2.45) is 5.41 Å². The molecule has 7 heteroatoms. The summed E-state index contributed by atoms with van der Waals surface area (Å²) < 4.78 is 1.22. The molecule has 2 rings (SSSR count). The van der Waals surface area contributed by atoms with Gasteiger partial charge in [-0.15, -0.1) is 5.10 Å². The summed E-state index contributed by atoms with van der Waals surface area (Å²) in [5, 5.41) is 19.0. The molecule has 1 aromatic heterocycles. The van der Waals surface area contributed by atoms with E-state index in [0.717, 1.165) is 11.1 Å². The largest absolute Gasteiger partial charge is 0.476 e. The highest BCUT2D eigenvalue weighted by molar-refractivity contribution is 5.84. The minimum absolute atomic E-state index is 0.0846.